The molecule has 0 aliphatic heterocycles. The highest BCUT2D eigenvalue weighted by Gasteiger charge is 2.12. The first-order valence-electron chi connectivity index (χ1n) is 18.0. The van der Waals surface area contributed by atoms with Gasteiger partial charge < -0.3 is 9.47 Å². The number of aryl methyl sites for hydroxylation is 2. The van der Waals surface area contributed by atoms with Gasteiger partial charge >= 0.3 is 5.97 Å². The smallest absolute Gasteiger partial charge is 0.338 e. The van der Waals surface area contributed by atoms with Crippen molar-refractivity contribution in [3.63, 3.8) is 0 Å². The second-order valence-corrected chi connectivity index (χ2v) is 12.8. The fourth-order valence-electron chi connectivity index (χ4n) is 5.92. The van der Waals surface area contributed by atoms with E-state index in [9.17, 15) is 4.79 Å². The van der Waals surface area contributed by atoms with Crippen LogP contribution >= 0.6 is 0 Å². The number of carbonyl (C=O) groups excluding carboxylic acids is 1. The molecule has 44 heavy (non-hydrogen) atoms. The SMILES string of the molecule is CCCCCCCCCCCCCCOc1ccc2cc(CCc3ccc(C(=O)O[C@H](C)CCCCCC)cc3)ccc2c1. The number of ether oxygens (including phenoxy) is 2. The van der Waals surface area contributed by atoms with Crippen LogP contribution in [0.2, 0.25) is 0 Å². The Morgan fingerprint density at radius 2 is 1.11 bits per heavy atom. The van der Waals surface area contributed by atoms with Crippen molar-refractivity contribution >= 4 is 16.7 Å². The largest absolute Gasteiger partial charge is 0.494 e. The summed E-state index contributed by atoms with van der Waals surface area (Å²) in [4.78, 5) is 12.5. The Balaban J connectivity index is 1.31. The van der Waals surface area contributed by atoms with Crippen LogP contribution in [-0.4, -0.2) is 18.7 Å². The van der Waals surface area contributed by atoms with Gasteiger partial charge in [0.05, 0.1) is 18.3 Å². The minimum absolute atomic E-state index is 0.0335. The van der Waals surface area contributed by atoms with E-state index in [1.807, 2.05) is 19.1 Å². The van der Waals surface area contributed by atoms with Crippen LogP contribution in [0.15, 0.2) is 60.7 Å². The molecule has 0 aliphatic rings. The van der Waals surface area contributed by atoms with Crippen molar-refractivity contribution in [2.24, 2.45) is 0 Å². The van der Waals surface area contributed by atoms with E-state index in [-0.39, 0.29) is 12.1 Å². The summed E-state index contributed by atoms with van der Waals surface area (Å²) in [6.07, 6.45) is 23.9. The van der Waals surface area contributed by atoms with Gasteiger partial charge in [0.2, 0.25) is 0 Å². The molecule has 0 bridgehead atoms. The standard InChI is InChI=1S/C41H60O3/c1-4-6-8-10-11-12-13-14-15-16-17-19-31-43-40-30-29-38-32-36(25-28-39(38)33-40)22-21-35-23-26-37(27-24-35)41(42)44-34(3)20-18-9-7-5-2/h23-30,32-34H,4-22,31H2,1-3H3/t34-/m1/s1. The first kappa shape index (κ1) is 35.7. The van der Waals surface area contributed by atoms with Crippen LogP contribution < -0.4 is 4.74 Å². The Kier molecular flexibility index (Phi) is 17.7. The van der Waals surface area contributed by atoms with Gasteiger partial charge in [-0.3, -0.25) is 0 Å². The molecule has 0 saturated carbocycles. The van der Waals surface area contributed by atoms with Crippen LogP contribution in [0.25, 0.3) is 10.8 Å². The van der Waals surface area contributed by atoms with Crippen molar-refractivity contribution in [3.05, 3.63) is 77.4 Å². The van der Waals surface area contributed by atoms with Crippen LogP contribution in [0.1, 0.15) is 151 Å². The van der Waals surface area contributed by atoms with Gasteiger partial charge in [0.25, 0.3) is 0 Å². The molecule has 0 heterocycles. The van der Waals surface area contributed by atoms with Crippen molar-refractivity contribution in [2.45, 2.75) is 149 Å². The Morgan fingerprint density at radius 1 is 0.591 bits per heavy atom. The van der Waals surface area contributed by atoms with Crippen LogP contribution in [0.4, 0.5) is 0 Å². The topological polar surface area (TPSA) is 35.5 Å². The molecule has 1 atom stereocenters. The maximum atomic E-state index is 12.5. The first-order valence-corrected chi connectivity index (χ1v) is 18.0. The second-order valence-electron chi connectivity index (χ2n) is 12.8. The van der Waals surface area contributed by atoms with Crippen molar-refractivity contribution in [1.82, 2.24) is 0 Å². The van der Waals surface area contributed by atoms with Gasteiger partial charge in [-0.05, 0) is 85.2 Å². The fraction of sp³-hybridized carbons (Fsp3) is 0.585. The van der Waals surface area contributed by atoms with Crippen LogP contribution in [0.3, 0.4) is 0 Å². The quantitative estimate of drug-likeness (QED) is 0.0758. The zero-order valence-electron chi connectivity index (χ0n) is 28.2. The summed E-state index contributed by atoms with van der Waals surface area (Å²) in [5.41, 5.74) is 3.19. The zero-order valence-corrected chi connectivity index (χ0v) is 28.2. The highest BCUT2D eigenvalue weighted by Crippen LogP contribution is 2.23. The average Bonchev–Trinajstić information content (AvgIpc) is 3.04. The maximum absolute atomic E-state index is 12.5. The molecule has 242 valence electrons. The highest BCUT2D eigenvalue weighted by molar-refractivity contribution is 5.89. The van der Waals surface area contributed by atoms with Gasteiger partial charge in [-0.1, -0.05) is 140 Å². The number of hydrogen-bond donors (Lipinski definition) is 0. The van der Waals surface area contributed by atoms with E-state index in [1.165, 1.54) is 112 Å². The first-order chi connectivity index (χ1) is 21.6. The third-order valence-electron chi connectivity index (χ3n) is 8.81. The number of carbonyl (C=O) groups is 1. The summed E-state index contributed by atoms with van der Waals surface area (Å²) in [6.45, 7) is 7.29. The normalized spacial score (nSPS) is 12.0. The predicted octanol–water partition coefficient (Wildman–Crippen LogP) is 12.2. The van der Waals surface area contributed by atoms with Crippen LogP contribution in [-0.2, 0) is 17.6 Å². The number of fused-ring (bicyclic) bond motifs is 1. The molecule has 3 aromatic carbocycles. The molecular formula is C41H60O3. The zero-order chi connectivity index (χ0) is 31.2. The van der Waals surface area contributed by atoms with E-state index in [0.29, 0.717) is 5.56 Å². The van der Waals surface area contributed by atoms with Gasteiger partial charge in [0.15, 0.2) is 0 Å². The monoisotopic (exact) mass is 600 g/mol. The molecule has 0 radical (unpaired) electrons. The Labute approximate surface area is 269 Å². The molecule has 0 spiro atoms. The van der Waals surface area contributed by atoms with E-state index in [1.54, 1.807) is 0 Å². The minimum atomic E-state index is -0.216. The third kappa shape index (κ3) is 14.3. The molecule has 0 saturated heterocycles. The predicted molar refractivity (Wildman–Crippen MR) is 188 cm³/mol. The van der Waals surface area contributed by atoms with Crippen LogP contribution in [0, 0.1) is 0 Å². The molecule has 3 heteroatoms. The Hall–Kier alpha value is -2.81. The van der Waals surface area contributed by atoms with Gasteiger partial charge in [0.1, 0.15) is 5.75 Å². The lowest BCUT2D eigenvalue weighted by atomic mass is 10.0. The molecule has 3 aromatic rings. The third-order valence-corrected chi connectivity index (χ3v) is 8.81. The lowest BCUT2D eigenvalue weighted by molar-refractivity contribution is 0.0319. The summed E-state index contributed by atoms with van der Waals surface area (Å²) in [5, 5.41) is 2.48. The number of rotatable bonds is 24. The summed E-state index contributed by atoms with van der Waals surface area (Å²) in [5.74, 6) is 0.754. The Bertz CT molecular complexity index is 1180. The molecule has 0 amide bonds. The van der Waals surface area contributed by atoms with Crippen molar-refractivity contribution in [2.75, 3.05) is 6.61 Å². The average molecular weight is 601 g/mol. The molecule has 0 unspecified atom stereocenters. The lowest BCUT2D eigenvalue weighted by Crippen LogP contribution is -2.15. The molecule has 0 aliphatic carbocycles. The van der Waals surface area contributed by atoms with Crippen LogP contribution in [0.5, 0.6) is 5.75 Å². The minimum Gasteiger partial charge on any atom is -0.494 e. The lowest BCUT2D eigenvalue weighted by Gasteiger charge is -2.13. The maximum Gasteiger partial charge on any atom is 0.338 e. The van der Waals surface area contributed by atoms with Gasteiger partial charge in [-0.2, -0.15) is 0 Å². The molecule has 0 N–H and O–H groups in total. The number of esters is 1. The summed E-state index contributed by atoms with van der Waals surface area (Å²) in [7, 11) is 0. The summed E-state index contributed by atoms with van der Waals surface area (Å²) in [6, 6.07) is 21.1. The molecule has 0 aromatic heterocycles. The van der Waals surface area contributed by atoms with E-state index in [2.05, 4.69) is 62.4 Å². The number of unbranched alkanes of at least 4 members (excludes halogenated alkanes) is 14. The van der Waals surface area contributed by atoms with Crippen molar-refractivity contribution in [1.29, 1.82) is 0 Å². The summed E-state index contributed by atoms with van der Waals surface area (Å²) < 4.78 is 11.7. The second kappa shape index (κ2) is 21.8. The van der Waals surface area contributed by atoms with Gasteiger partial charge in [-0.15, -0.1) is 0 Å². The van der Waals surface area contributed by atoms with Crippen molar-refractivity contribution in [3.8, 4) is 5.75 Å². The fourth-order valence-corrected chi connectivity index (χ4v) is 5.92. The van der Waals surface area contributed by atoms with E-state index < -0.39 is 0 Å². The summed E-state index contributed by atoms with van der Waals surface area (Å²) >= 11 is 0. The molecule has 3 rings (SSSR count). The highest BCUT2D eigenvalue weighted by atomic mass is 16.5. The van der Waals surface area contributed by atoms with E-state index in [4.69, 9.17) is 9.47 Å². The molecule has 3 nitrogen and oxygen atoms in total. The number of benzene rings is 3. The Morgan fingerprint density at radius 3 is 1.77 bits per heavy atom. The van der Waals surface area contributed by atoms with E-state index >= 15 is 0 Å². The van der Waals surface area contributed by atoms with Gasteiger partial charge in [-0.25, -0.2) is 4.79 Å². The molecular weight excluding hydrogens is 540 g/mol. The number of hydrogen-bond acceptors (Lipinski definition) is 3. The molecule has 0 fully saturated rings. The van der Waals surface area contributed by atoms with E-state index in [0.717, 1.165) is 44.5 Å². The van der Waals surface area contributed by atoms with Crippen molar-refractivity contribution < 1.29 is 14.3 Å². The van der Waals surface area contributed by atoms with Gasteiger partial charge in [0, 0.05) is 0 Å².